The lowest BCUT2D eigenvalue weighted by Gasteiger charge is -2.37. The summed E-state index contributed by atoms with van der Waals surface area (Å²) in [5.41, 5.74) is 7.20. The zero-order valence-corrected chi connectivity index (χ0v) is 13.0. The summed E-state index contributed by atoms with van der Waals surface area (Å²) in [7, 11) is 0. The van der Waals surface area contributed by atoms with Crippen LogP contribution in [-0.4, -0.2) is 31.2 Å². The molecule has 0 bridgehead atoms. The molecule has 1 aromatic heterocycles. The smallest absolute Gasteiger partial charge is 0.128 e. The number of nitrogens with zero attached hydrogens (tertiary/aromatic N) is 3. The van der Waals surface area contributed by atoms with E-state index < -0.39 is 0 Å². The van der Waals surface area contributed by atoms with Crippen LogP contribution in [0.5, 0.6) is 0 Å². The second-order valence-electron chi connectivity index (χ2n) is 5.00. The summed E-state index contributed by atoms with van der Waals surface area (Å²) in [4.78, 5) is 8.84. The summed E-state index contributed by atoms with van der Waals surface area (Å²) in [6.45, 7) is 3.46. The van der Waals surface area contributed by atoms with Gasteiger partial charge in [-0.1, -0.05) is 29.3 Å². The third-order valence-corrected chi connectivity index (χ3v) is 4.18. The summed E-state index contributed by atoms with van der Waals surface area (Å²) in [6, 6.07) is 9.44. The highest BCUT2D eigenvalue weighted by atomic mass is 35.5. The molecule has 2 heterocycles. The first-order valence-electron chi connectivity index (χ1n) is 6.80. The third-order valence-electron chi connectivity index (χ3n) is 3.61. The number of aromatic nitrogens is 1. The van der Waals surface area contributed by atoms with Crippen LogP contribution in [0.4, 0.5) is 17.2 Å². The molecule has 4 nitrogen and oxygen atoms in total. The molecule has 0 aliphatic carbocycles. The molecule has 0 amide bonds. The fourth-order valence-corrected chi connectivity index (χ4v) is 3.33. The Labute approximate surface area is 134 Å². The normalized spacial score (nSPS) is 15.3. The number of pyridine rings is 1. The Balaban J connectivity index is 1.75. The minimum atomic E-state index is 0.584. The van der Waals surface area contributed by atoms with Gasteiger partial charge in [-0.2, -0.15) is 0 Å². The molecule has 6 heteroatoms. The Hall–Kier alpha value is -1.65. The van der Waals surface area contributed by atoms with Crippen LogP contribution >= 0.6 is 23.2 Å². The maximum absolute atomic E-state index is 6.29. The quantitative estimate of drug-likeness (QED) is 0.862. The highest BCUT2D eigenvalue weighted by Gasteiger charge is 2.21. The van der Waals surface area contributed by atoms with E-state index in [0.717, 1.165) is 37.7 Å². The second kappa shape index (κ2) is 6.00. The predicted molar refractivity (Wildman–Crippen MR) is 89.5 cm³/mol. The number of halogens is 2. The summed E-state index contributed by atoms with van der Waals surface area (Å²) in [6.07, 6.45) is 1.81. The molecule has 0 radical (unpaired) electrons. The Kier molecular flexibility index (Phi) is 4.08. The van der Waals surface area contributed by atoms with Crippen molar-refractivity contribution in [2.24, 2.45) is 0 Å². The van der Waals surface area contributed by atoms with Crippen LogP contribution in [0.25, 0.3) is 0 Å². The standard InChI is InChI=1S/C15H16Cl2N4/c16-12-9-11(18)10-13(17)15(12)21-7-5-20(6-8-21)14-3-1-2-4-19-14/h1-4,9-10H,5-8,18H2. The number of piperazine rings is 1. The Morgan fingerprint density at radius 2 is 1.57 bits per heavy atom. The van der Waals surface area contributed by atoms with Crippen LogP contribution in [0, 0.1) is 0 Å². The summed E-state index contributed by atoms with van der Waals surface area (Å²) < 4.78 is 0. The monoisotopic (exact) mass is 322 g/mol. The Morgan fingerprint density at radius 1 is 0.952 bits per heavy atom. The second-order valence-corrected chi connectivity index (χ2v) is 5.81. The number of nitrogens with two attached hydrogens (primary N) is 1. The van der Waals surface area contributed by atoms with Crippen molar-refractivity contribution >= 4 is 40.4 Å². The zero-order valence-electron chi connectivity index (χ0n) is 11.5. The van der Waals surface area contributed by atoms with Crippen molar-refractivity contribution in [1.82, 2.24) is 4.98 Å². The number of rotatable bonds is 2. The van der Waals surface area contributed by atoms with E-state index in [2.05, 4.69) is 14.8 Å². The molecule has 0 saturated carbocycles. The largest absolute Gasteiger partial charge is 0.399 e. The van der Waals surface area contributed by atoms with Crippen molar-refractivity contribution in [2.75, 3.05) is 41.7 Å². The Bertz CT molecular complexity index is 602. The maximum Gasteiger partial charge on any atom is 0.128 e. The van der Waals surface area contributed by atoms with E-state index in [1.807, 2.05) is 24.4 Å². The molecule has 0 spiro atoms. The van der Waals surface area contributed by atoms with Crippen molar-refractivity contribution in [3.8, 4) is 0 Å². The first-order chi connectivity index (χ1) is 10.1. The number of nitrogen functional groups attached to an aromatic ring is 1. The van der Waals surface area contributed by atoms with Gasteiger partial charge in [0, 0.05) is 38.1 Å². The zero-order chi connectivity index (χ0) is 14.8. The van der Waals surface area contributed by atoms with E-state index >= 15 is 0 Å². The summed E-state index contributed by atoms with van der Waals surface area (Å²) in [5.74, 6) is 1.01. The van der Waals surface area contributed by atoms with Crippen molar-refractivity contribution in [3.05, 3.63) is 46.6 Å². The average molecular weight is 323 g/mol. The maximum atomic E-state index is 6.29. The molecule has 110 valence electrons. The van der Waals surface area contributed by atoms with Gasteiger partial charge in [-0.3, -0.25) is 0 Å². The molecule has 3 rings (SSSR count). The minimum absolute atomic E-state index is 0.584. The van der Waals surface area contributed by atoms with Gasteiger partial charge in [0.25, 0.3) is 0 Å². The lowest BCUT2D eigenvalue weighted by Crippen LogP contribution is -2.47. The lowest BCUT2D eigenvalue weighted by molar-refractivity contribution is 0.647. The van der Waals surface area contributed by atoms with Gasteiger partial charge in [-0.15, -0.1) is 0 Å². The molecular formula is C15H16Cl2N4. The fraction of sp³-hybridized carbons (Fsp3) is 0.267. The lowest BCUT2D eigenvalue weighted by atomic mass is 10.2. The van der Waals surface area contributed by atoms with E-state index in [0.29, 0.717) is 15.7 Å². The first-order valence-corrected chi connectivity index (χ1v) is 7.56. The Morgan fingerprint density at radius 3 is 2.14 bits per heavy atom. The molecule has 2 N–H and O–H groups in total. The van der Waals surface area contributed by atoms with Gasteiger partial charge in [0.15, 0.2) is 0 Å². The third kappa shape index (κ3) is 3.01. The molecule has 0 atom stereocenters. The number of anilines is 3. The van der Waals surface area contributed by atoms with E-state index in [4.69, 9.17) is 28.9 Å². The molecule has 21 heavy (non-hydrogen) atoms. The van der Waals surface area contributed by atoms with Crippen LogP contribution < -0.4 is 15.5 Å². The average Bonchev–Trinajstić information content (AvgIpc) is 2.48. The van der Waals surface area contributed by atoms with Crippen LogP contribution in [0.2, 0.25) is 10.0 Å². The summed E-state index contributed by atoms with van der Waals surface area (Å²) in [5, 5.41) is 1.21. The highest BCUT2D eigenvalue weighted by Crippen LogP contribution is 2.36. The highest BCUT2D eigenvalue weighted by molar-refractivity contribution is 6.39. The molecule has 1 fully saturated rings. The van der Waals surface area contributed by atoms with E-state index in [9.17, 15) is 0 Å². The van der Waals surface area contributed by atoms with Gasteiger partial charge >= 0.3 is 0 Å². The molecular weight excluding hydrogens is 307 g/mol. The number of hydrogen-bond donors (Lipinski definition) is 1. The molecule has 1 aliphatic rings. The van der Waals surface area contributed by atoms with E-state index in [-0.39, 0.29) is 0 Å². The van der Waals surface area contributed by atoms with Crippen LogP contribution in [0.15, 0.2) is 36.5 Å². The van der Waals surface area contributed by atoms with E-state index in [1.54, 1.807) is 12.1 Å². The van der Waals surface area contributed by atoms with Gasteiger partial charge in [0.2, 0.25) is 0 Å². The molecule has 2 aromatic rings. The summed E-state index contributed by atoms with van der Waals surface area (Å²) >= 11 is 12.6. The molecule has 1 aliphatic heterocycles. The molecule has 1 aromatic carbocycles. The van der Waals surface area contributed by atoms with Crippen molar-refractivity contribution in [3.63, 3.8) is 0 Å². The predicted octanol–water partition coefficient (Wildman–Crippen LogP) is 3.30. The van der Waals surface area contributed by atoms with Gasteiger partial charge in [0.1, 0.15) is 5.82 Å². The van der Waals surface area contributed by atoms with Crippen LogP contribution in [-0.2, 0) is 0 Å². The van der Waals surface area contributed by atoms with Crippen molar-refractivity contribution in [2.45, 2.75) is 0 Å². The van der Waals surface area contributed by atoms with E-state index in [1.165, 1.54) is 0 Å². The topological polar surface area (TPSA) is 45.4 Å². The number of benzene rings is 1. The molecule has 0 unspecified atom stereocenters. The van der Waals surface area contributed by atoms with Crippen LogP contribution in [0.1, 0.15) is 0 Å². The van der Waals surface area contributed by atoms with Gasteiger partial charge in [0.05, 0.1) is 15.7 Å². The SMILES string of the molecule is Nc1cc(Cl)c(N2CCN(c3ccccn3)CC2)c(Cl)c1. The molecule has 1 saturated heterocycles. The van der Waals surface area contributed by atoms with Crippen LogP contribution in [0.3, 0.4) is 0 Å². The van der Waals surface area contributed by atoms with Gasteiger partial charge < -0.3 is 15.5 Å². The minimum Gasteiger partial charge on any atom is -0.399 e. The van der Waals surface area contributed by atoms with Gasteiger partial charge in [-0.05, 0) is 24.3 Å². The fourth-order valence-electron chi connectivity index (χ4n) is 2.59. The van der Waals surface area contributed by atoms with Crippen molar-refractivity contribution in [1.29, 1.82) is 0 Å². The number of hydrogen-bond acceptors (Lipinski definition) is 4. The van der Waals surface area contributed by atoms with Crippen molar-refractivity contribution < 1.29 is 0 Å². The van der Waals surface area contributed by atoms with Gasteiger partial charge in [-0.25, -0.2) is 4.98 Å². The first kappa shape index (κ1) is 14.3.